The molecule has 2 aromatic heterocycles. The van der Waals surface area contributed by atoms with Gasteiger partial charge in [0.25, 0.3) is 0 Å². The fourth-order valence-electron chi connectivity index (χ4n) is 3.51. The van der Waals surface area contributed by atoms with Crippen molar-refractivity contribution in [3.8, 4) is 0 Å². The lowest BCUT2D eigenvalue weighted by atomic mass is 9.88. The summed E-state index contributed by atoms with van der Waals surface area (Å²) >= 11 is 0. The zero-order valence-corrected chi connectivity index (χ0v) is 9.93. The van der Waals surface area contributed by atoms with Gasteiger partial charge in [0.05, 0.1) is 11.7 Å². The van der Waals surface area contributed by atoms with Crippen molar-refractivity contribution in [3.05, 3.63) is 24.3 Å². The quantitative estimate of drug-likeness (QED) is 0.805. The third-order valence-electron chi connectivity index (χ3n) is 4.35. The summed E-state index contributed by atoms with van der Waals surface area (Å²) < 4.78 is 2.24. The summed E-state index contributed by atoms with van der Waals surface area (Å²) in [4.78, 5) is 8.92. The van der Waals surface area contributed by atoms with Crippen molar-refractivity contribution in [2.24, 2.45) is 7.05 Å². The molecule has 2 aliphatic rings. The van der Waals surface area contributed by atoms with Crippen LogP contribution in [0.2, 0.25) is 0 Å². The van der Waals surface area contributed by atoms with Gasteiger partial charge in [-0.1, -0.05) is 0 Å². The first kappa shape index (κ1) is 9.59. The van der Waals surface area contributed by atoms with E-state index in [1.165, 1.54) is 30.6 Å². The van der Waals surface area contributed by atoms with E-state index in [1.807, 2.05) is 18.5 Å². The first-order valence-corrected chi connectivity index (χ1v) is 6.35. The zero-order valence-electron chi connectivity index (χ0n) is 9.93. The topological polar surface area (TPSA) is 42.7 Å². The minimum atomic E-state index is 0.589. The molecule has 2 aromatic rings. The van der Waals surface area contributed by atoms with Crippen LogP contribution in [0.25, 0.3) is 11.0 Å². The summed E-state index contributed by atoms with van der Waals surface area (Å²) in [7, 11) is 2.12. The maximum Gasteiger partial charge on any atom is 0.114 e. The number of imidazole rings is 1. The van der Waals surface area contributed by atoms with Crippen molar-refractivity contribution in [2.75, 3.05) is 0 Å². The number of nitrogens with one attached hydrogen (secondary N) is 1. The second kappa shape index (κ2) is 3.29. The van der Waals surface area contributed by atoms with Gasteiger partial charge in [0, 0.05) is 31.2 Å². The highest BCUT2D eigenvalue weighted by Crippen LogP contribution is 2.39. The van der Waals surface area contributed by atoms with Gasteiger partial charge in [-0.25, -0.2) is 4.98 Å². The molecule has 3 unspecified atom stereocenters. The molecule has 1 N–H and O–H groups in total. The van der Waals surface area contributed by atoms with E-state index in [9.17, 15) is 0 Å². The molecule has 17 heavy (non-hydrogen) atoms. The molecule has 4 heterocycles. The first-order chi connectivity index (χ1) is 8.33. The predicted octanol–water partition coefficient (Wildman–Crippen LogP) is 1.58. The van der Waals surface area contributed by atoms with E-state index < -0.39 is 0 Å². The van der Waals surface area contributed by atoms with Gasteiger partial charge in [-0.05, 0) is 25.3 Å². The summed E-state index contributed by atoms with van der Waals surface area (Å²) in [5, 5.41) is 3.68. The highest BCUT2D eigenvalue weighted by molar-refractivity contribution is 5.74. The molecule has 2 fully saturated rings. The number of hydrogen-bond acceptors (Lipinski definition) is 3. The van der Waals surface area contributed by atoms with Gasteiger partial charge < -0.3 is 9.88 Å². The molecule has 0 aliphatic carbocycles. The third kappa shape index (κ3) is 1.27. The molecule has 0 amide bonds. The van der Waals surface area contributed by atoms with Crippen LogP contribution in [-0.2, 0) is 7.05 Å². The molecule has 88 valence electrons. The second-order valence-corrected chi connectivity index (χ2v) is 5.28. The van der Waals surface area contributed by atoms with E-state index in [4.69, 9.17) is 4.98 Å². The van der Waals surface area contributed by atoms with Crippen LogP contribution in [0.1, 0.15) is 31.0 Å². The van der Waals surface area contributed by atoms with Crippen molar-refractivity contribution < 1.29 is 0 Å². The standard InChI is InChI=1S/C13H16N4/c1-17-12-4-5-14-7-11(12)16-13(17)9-6-8-2-3-10(9)15-8/h4-5,7-10,15H,2-3,6H2,1H3. The minimum Gasteiger partial charge on any atom is -0.331 e. The Labute approximate surface area is 100 Å². The van der Waals surface area contributed by atoms with E-state index in [2.05, 4.69) is 21.9 Å². The lowest BCUT2D eigenvalue weighted by molar-refractivity contribution is 0.478. The molecule has 2 saturated heterocycles. The second-order valence-electron chi connectivity index (χ2n) is 5.28. The molecule has 3 atom stereocenters. The monoisotopic (exact) mass is 228 g/mol. The van der Waals surface area contributed by atoms with Crippen molar-refractivity contribution >= 4 is 11.0 Å². The Balaban J connectivity index is 1.83. The average molecular weight is 228 g/mol. The Bertz CT molecular complexity index is 574. The van der Waals surface area contributed by atoms with E-state index in [0.29, 0.717) is 12.0 Å². The lowest BCUT2D eigenvalue weighted by Crippen LogP contribution is -2.23. The number of hydrogen-bond donors (Lipinski definition) is 1. The Kier molecular flexibility index (Phi) is 1.86. The molecule has 0 saturated carbocycles. The fourth-order valence-corrected chi connectivity index (χ4v) is 3.51. The van der Waals surface area contributed by atoms with Crippen molar-refractivity contribution in [1.82, 2.24) is 19.9 Å². The molecule has 0 aromatic carbocycles. The van der Waals surface area contributed by atoms with Crippen LogP contribution in [0, 0.1) is 0 Å². The largest absolute Gasteiger partial charge is 0.331 e. The van der Waals surface area contributed by atoms with Crippen LogP contribution >= 0.6 is 0 Å². The van der Waals surface area contributed by atoms with Crippen LogP contribution < -0.4 is 5.32 Å². The summed E-state index contributed by atoms with van der Waals surface area (Å²) in [6.45, 7) is 0. The van der Waals surface area contributed by atoms with Crippen LogP contribution in [0.3, 0.4) is 0 Å². The summed E-state index contributed by atoms with van der Waals surface area (Å²) in [6, 6.07) is 3.42. The maximum atomic E-state index is 4.77. The van der Waals surface area contributed by atoms with Gasteiger partial charge in [0.1, 0.15) is 11.3 Å². The summed E-state index contributed by atoms with van der Waals surface area (Å²) in [6.07, 6.45) is 7.59. The first-order valence-electron chi connectivity index (χ1n) is 6.35. The Morgan fingerprint density at radius 1 is 1.41 bits per heavy atom. The van der Waals surface area contributed by atoms with Crippen molar-refractivity contribution in [1.29, 1.82) is 0 Å². The highest BCUT2D eigenvalue weighted by atomic mass is 15.1. The number of rotatable bonds is 1. The number of aromatic nitrogens is 3. The number of fused-ring (bicyclic) bond motifs is 3. The molecule has 0 radical (unpaired) electrons. The van der Waals surface area contributed by atoms with Crippen LogP contribution in [0.15, 0.2) is 18.5 Å². The normalized spacial score (nSPS) is 31.5. The van der Waals surface area contributed by atoms with E-state index in [-0.39, 0.29) is 0 Å². The third-order valence-corrected chi connectivity index (χ3v) is 4.35. The lowest BCUT2D eigenvalue weighted by Gasteiger charge is -2.19. The van der Waals surface area contributed by atoms with E-state index >= 15 is 0 Å². The molecular formula is C13H16N4. The van der Waals surface area contributed by atoms with Crippen molar-refractivity contribution in [2.45, 2.75) is 37.3 Å². The van der Waals surface area contributed by atoms with E-state index in [0.717, 1.165) is 11.6 Å². The van der Waals surface area contributed by atoms with Gasteiger partial charge >= 0.3 is 0 Å². The highest BCUT2D eigenvalue weighted by Gasteiger charge is 2.41. The van der Waals surface area contributed by atoms with Crippen LogP contribution in [-0.4, -0.2) is 26.6 Å². The SMILES string of the molecule is Cn1c(C2CC3CCC2N3)nc2cnccc21. The molecule has 2 bridgehead atoms. The molecule has 0 spiro atoms. The van der Waals surface area contributed by atoms with Gasteiger partial charge in [-0.2, -0.15) is 0 Å². The zero-order chi connectivity index (χ0) is 11.4. The molecule has 2 aliphatic heterocycles. The van der Waals surface area contributed by atoms with Gasteiger partial charge in [-0.15, -0.1) is 0 Å². The Hall–Kier alpha value is -1.42. The Morgan fingerprint density at radius 3 is 3.06 bits per heavy atom. The molecule has 4 rings (SSSR count). The summed E-state index contributed by atoms with van der Waals surface area (Å²) in [5.74, 6) is 1.82. The van der Waals surface area contributed by atoms with Crippen molar-refractivity contribution in [3.63, 3.8) is 0 Å². The smallest absolute Gasteiger partial charge is 0.114 e. The van der Waals surface area contributed by atoms with Gasteiger partial charge in [0.2, 0.25) is 0 Å². The van der Waals surface area contributed by atoms with Gasteiger partial charge in [-0.3, -0.25) is 4.98 Å². The number of nitrogens with zero attached hydrogens (tertiary/aromatic N) is 3. The van der Waals surface area contributed by atoms with Crippen LogP contribution in [0.4, 0.5) is 0 Å². The summed E-state index contributed by atoms with van der Waals surface area (Å²) in [5.41, 5.74) is 2.21. The average Bonchev–Trinajstić information content (AvgIpc) is 3.03. The maximum absolute atomic E-state index is 4.77. The predicted molar refractivity (Wildman–Crippen MR) is 65.8 cm³/mol. The van der Waals surface area contributed by atoms with Gasteiger partial charge in [0.15, 0.2) is 0 Å². The van der Waals surface area contributed by atoms with E-state index in [1.54, 1.807) is 0 Å². The molecule has 4 nitrogen and oxygen atoms in total. The minimum absolute atomic E-state index is 0.589. The molecule has 4 heteroatoms. The number of aryl methyl sites for hydroxylation is 1. The fraction of sp³-hybridized carbons (Fsp3) is 0.538. The van der Waals surface area contributed by atoms with Crippen LogP contribution in [0.5, 0.6) is 0 Å². The molecular weight excluding hydrogens is 212 g/mol. The Morgan fingerprint density at radius 2 is 2.35 bits per heavy atom. The number of pyridine rings is 1.